The highest BCUT2D eigenvalue weighted by molar-refractivity contribution is 7.91. The predicted octanol–water partition coefficient (Wildman–Crippen LogP) is 1.79. The molecule has 1 aromatic heterocycles. The van der Waals surface area contributed by atoms with Crippen molar-refractivity contribution in [2.24, 2.45) is 0 Å². The molecule has 0 aliphatic heterocycles. The quantitative estimate of drug-likeness (QED) is 0.900. The second-order valence-corrected chi connectivity index (χ2v) is 6.98. The van der Waals surface area contributed by atoms with Crippen molar-refractivity contribution in [3.05, 3.63) is 41.1 Å². The predicted molar refractivity (Wildman–Crippen MR) is 71.6 cm³/mol. The maximum absolute atomic E-state index is 13.4. The van der Waals surface area contributed by atoms with Crippen molar-refractivity contribution in [2.75, 3.05) is 5.73 Å². The molecular weight excluding hydrogens is 308 g/mol. The lowest BCUT2D eigenvalue weighted by Crippen LogP contribution is -2.23. The van der Waals surface area contributed by atoms with Gasteiger partial charge in [-0.15, -0.1) is 0 Å². The number of nitrogens with zero attached hydrogens (tertiary/aromatic N) is 1. The van der Waals surface area contributed by atoms with Gasteiger partial charge in [-0.05, 0) is 13.0 Å². The van der Waals surface area contributed by atoms with Gasteiger partial charge in [-0.25, -0.2) is 26.9 Å². The second kappa shape index (κ2) is 5.43. The number of halogens is 2. The number of hydrogen-bond donors (Lipinski definition) is 2. The Balaban J connectivity index is 2.19. The van der Waals surface area contributed by atoms with Gasteiger partial charge in [0.2, 0.25) is 0 Å². The van der Waals surface area contributed by atoms with Crippen molar-refractivity contribution in [2.45, 2.75) is 17.7 Å². The highest BCUT2D eigenvalue weighted by Crippen LogP contribution is 2.24. The number of rotatable bonds is 4. The van der Waals surface area contributed by atoms with Crippen LogP contribution in [0.3, 0.4) is 0 Å². The highest BCUT2D eigenvalue weighted by Gasteiger charge is 2.21. The number of benzene rings is 1. The van der Waals surface area contributed by atoms with Gasteiger partial charge >= 0.3 is 0 Å². The summed E-state index contributed by atoms with van der Waals surface area (Å²) in [5, 5.41) is 0.135. The van der Waals surface area contributed by atoms with Crippen LogP contribution in [0.1, 0.15) is 11.3 Å². The summed E-state index contributed by atoms with van der Waals surface area (Å²) in [7, 11) is -3.83. The van der Waals surface area contributed by atoms with Crippen LogP contribution in [0.15, 0.2) is 22.4 Å². The Hall–Kier alpha value is -1.58. The lowest BCUT2D eigenvalue weighted by molar-refractivity contribution is 0.563. The van der Waals surface area contributed by atoms with Crippen molar-refractivity contribution < 1.29 is 17.2 Å². The van der Waals surface area contributed by atoms with E-state index < -0.39 is 21.7 Å². The third-order valence-electron chi connectivity index (χ3n) is 2.48. The van der Waals surface area contributed by atoms with E-state index in [-0.39, 0.29) is 27.1 Å². The van der Waals surface area contributed by atoms with Crippen molar-refractivity contribution in [3.8, 4) is 0 Å². The van der Waals surface area contributed by atoms with Crippen LogP contribution in [0.5, 0.6) is 0 Å². The maximum Gasteiger partial charge on any atom is 0.252 e. The topological polar surface area (TPSA) is 85.1 Å². The molecule has 108 valence electrons. The Morgan fingerprint density at radius 2 is 2.10 bits per heavy atom. The van der Waals surface area contributed by atoms with E-state index in [1.807, 2.05) is 0 Å². The monoisotopic (exact) mass is 319 g/mol. The van der Waals surface area contributed by atoms with E-state index in [4.69, 9.17) is 5.73 Å². The fourth-order valence-electron chi connectivity index (χ4n) is 1.56. The average molecular weight is 319 g/mol. The molecular formula is C11H11F2N3O2S2. The molecule has 0 aliphatic rings. The Kier molecular flexibility index (Phi) is 4.02. The summed E-state index contributed by atoms with van der Waals surface area (Å²) >= 11 is 0.826. The lowest BCUT2D eigenvalue weighted by atomic mass is 10.2. The molecule has 0 saturated carbocycles. The van der Waals surface area contributed by atoms with Gasteiger partial charge in [0.25, 0.3) is 10.0 Å². The first-order valence-corrected chi connectivity index (χ1v) is 7.76. The van der Waals surface area contributed by atoms with Crippen molar-refractivity contribution in [1.82, 2.24) is 9.71 Å². The third kappa shape index (κ3) is 3.11. The van der Waals surface area contributed by atoms with Crippen molar-refractivity contribution in [1.29, 1.82) is 0 Å². The first kappa shape index (κ1) is 14.8. The zero-order valence-electron chi connectivity index (χ0n) is 10.4. The number of aromatic nitrogens is 1. The van der Waals surface area contributed by atoms with Gasteiger partial charge in [0, 0.05) is 18.2 Å². The second-order valence-electron chi connectivity index (χ2n) is 3.99. The number of nitrogen functional groups attached to an aromatic ring is 1. The van der Waals surface area contributed by atoms with E-state index in [1.165, 1.54) is 13.0 Å². The minimum Gasteiger partial charge on any atom is -0.375 e. The Morgan fingerprint density at radius 3 is 2.65 bits per heavy atom. The molecule has 20 heavy (non-hydrogen) atoms. The van der Waals surface area contributed by atoms with Gasteiger partial charge in [-0.2, -0.15) is 0 Å². The number of thiazole rings is 1. The van der Waals surface area contributed by atoms with Gasteiger partial charge in [-0.1, -0.05) is 17.4 Å². The molecule has 0 fully saturated rings. The van der Waals surface area contributed by atoms with E-state index in [1.54, 1.807) is 0 Å². The van der Waals surface area contributed by atoms with Gasteiger partial charge in [0.05, 0.1) is 5.69 Å². The summed E-state index contributed by atoms with van der Waals surface area (Å²) in [6.45, 7) is 1.23. The summed E-state index contributed by atoms with van der Waals surface area (Å²) in [5.74, 6) is -1.53. The number of anilines is 1. The minimum atomic E-state index is -3.83. The van der Waals surface area contributed by atoms with E-state index in [2.05, 4.69) is 9.71 Å². The number of nitrogens with two attached hydrogens (primary N) is 1. The maximum atomic E-state index is 13.4. The Labute approximate surface area is 118 Å². The SMILES string of the molecule is Cc1nc(N)sc1S(=O)(=O)NCc1ccc(F)cc1F. The summed E-state index contributed by atoms with van der Waals surface area (Å²) in [6.07, 6.45) is 0. The molecule has 3 N–H and O–H groups in total. The smallest absolute Gasteiger partial charge is 0.252 e. The van der Waals surface area contributed by atoms with E-state index in [0.29, 0.717) is 6.07 Å². The molecule has 1 heterocycles. The number of sulfonamides is 1. The van der Waals surface area contributed by atoms with Crippen LogP contribution in [0.25, 0.3) is 0 Å². The number of hydrogen-bond acceptors (Lipinski definition) is 5. The number of nitrogens with one attached hydrogen (secondary N) is 1. The standard InChI is InChI=1S/C11H11F2N3O2S2/c1-6-10(19-11(14)16-6)20(17,18)15-5-7-2-3-8(12)4-9(7)13/h2-4,15H,5H2,1H3,(H2,14,16). The fourth-order valence-corrected chi connectivity index (χ4v) is 3.90. The minimum absolute atomic E-state index is 0.0162. The van der Waals surface area contributed by atoms with Crippen molar-refractivity contribution in [3.63, 3.8) is 0 Å². The largest absolute Gasteiger partial charge is 0.375 e. The normalized spacial score (nSPS) is 11.8. The summed E-state index contributed by atoms with van der Waals surface area (Å²) in [6, 6.07) is 2.93. The van der Waals surface area contributed by atoms with E-state index >= 15 is 0 Å². The zero-order chi connectivity index (χ0) is 14.9. The fraction of sp³-hybridized carbons (Fsp3) is 0.182. The van der Waals surface area contributed by atoms with Crippen LogP contribution in [-0.4, -0.2) is 13.4 Å². The Bertz CT molecular complexity index is 744. The van der Waals surface area contributed by atoms with Crippen LogP contribution < -0.4 is 10.5 Å². The molecule has 0 radical (unpaired) electrons. The average Bonchev–Trinajstić information content (AvgIpc) is 2.68. The van der Waals surface area contributed by atoms with Gasteiger partial charge in [-0.3, -0.25) is 0 Å². The summed E-state index contributed by atoms with van der Waals surface area (Å²) in [5.41, 5.74) is 5.76. The molecule has 0 bridgehead atoms. The molecule has 0 aliphatic carbocycles. The van der Waals surface area contributed by atoms with Crippen LogP contribution >= 0.6 is 11.3 Å². The summed E-state index contributed by atoms with van der Waals surface area (Å²) < 4.78 is 52.4. The molecule has 1 aromatic carbocycles. The van der Waals surface area contributed by atoms with Gasteiger partial charge in [0.15, 0.2) is 9.34 Å². The summed E-state index contributed by atoms with van der Waals surface area (Å²) in [4.78, 5) is 3.81. The zero-order valence-corrected chi connectivity index (χ0v) is 12.0. The van der Waals surface area contributed by atoms with Gasteiger partial charge in [0.1, 0.15) is 11.6 Å². The molecule has 2 rings (SSSR count). The molecule has 0 atom stereocenters. The number of aryl methyl sites for hydroxylation is 1. The van der Waals surface area contributed by atoms with E-state index in [9.17, 15) is 17.2 Å². The third-order valence-corrected chi connectivity index (χ3v) is 5.48. The van der Waals surface area contributed by atoms with Crippen LogP contribution in [0.4, 0.5) is 13.9 Å². The first-order chi connectivity index (χ1) is 9.29. The molecule has 5 nitrogen and oxygen atoms in total. The van der Waals surface area contributed by atoms with E-state index in [0.717, 1.165) is 17.4 Å². The first-order valence-electron chi connectivity index (χ1n) is 5.46. The van der Waals surface area contributed by atoms with Crippen molar-refractivity contribution >= 4 is 26.5 Å². The molecule has 0 spiro atoms. The molecule has 0 unspecified atom stereocenters. The molecule has 9 heteroatoms. The van der Waals surface area contributed by atoms with Crippen LogP contribution in [0.2, 0.25) is 0 Å². The van der Waals surface area contributed by atoms with Crippen LogP contribution in [-0.2, 0) is 16.6 Å². The van der Waals surface area contributed by atoms with Crippen LogP contribution in [0, 0.1) is 18.6 Å². The molecule has 0 saturated heterocycles. The highest BCUT2D eigenvalue weighted by atomic mass is 32.2. The lowest BCUT2D eigenvalue weighted by Gasteiger charge is -2.06. The molecule has 2 aromatic rings. The molecule has 0 amide bonds. The Morgan fingerprint density at radius 1 is 1.40 bits per heavy atom. The van der Waals surface area contributed by atoms with Gasteiger partial charge < -0.3 is 5.73 Å².